The Labute approximate surface area is 147 Å². The number of nitrogens with zero attached hydrogens (tertiary/aromatic N) is 2. The quantitative estimate of drug-likeness (QED) is 0.867. The van der Waals surface area contributed by atoms with Crippen molar-refractivity contribution in [3.8, 4) is 22.8 Å². The van der Waals surface area contributed by atoms with Crippen LogP contribution in [0.15, 0.2) is 47.8 Å². The van der Waals surface area contributed by atoms with E-state index in [0.717, 1.165) is 22.6 Å². The molecule has 1 aliphatic rings. The van der Waals surface area contributed by atoms with Crippen LogP contribution in [-0.4, -0.2) is 37.1 Å². The average molecular weight is 350 g/mol. The first-order chi connectivity index (χ1) is 11.3. The van der Waals surface area contributed by atoms with Gasteiger partial charge in [-0.25, -0.2) is 4.98 Å². The largest absolute Gasteiger partial charge is 0.489 e. The number of rotatable bonds is 6. The van der Waals surface area contributed by atoms with Crippen molar-refractivity contribution in [3.05, 3.63) is 42.6 Å². The number of methoxy groups -OCH3 is 1. The van der Waals surface area contributed by atoms with Crippen molar-refractivity contribution in [3.63, 3.8) is 0 Å². The Balaban J connectivity index is 0.00000208. The Morgan fingerprint density at radius 2 is 2.00 bits per heavy atom. The lowest BCUT2D eigenvalue weighted by molar-refractivity contribution is 0.0472. The number of para-hydroxylation sites is 1. The zero-order chi connectivity index (χ0) is 16.1. The molecule has 2 heterocycles. The molecule has 7 heteroatoms. The molecule has 0 radical (unpaired) electrons. The maximum atomic E-state index is 5.95. The first-order valence-electron chi connectivity index (χ1n) is 7.44. The molecular weight excluding hydrogens is 330 g/mol. The van der Waals surface area contributed by atoms with Gasteiger partial charge in [0.25, 0.3) is 0 Å². The number of benzene rings is 1. The molecule has 1 aromatic heterocycles. The van der Waals surface area contributed by atoms with Gasteiger partial charge < -0.3 is 20.0 Å². The predicted octanol–water partition coefficient (Wildman–Crippen LogP) is 2.66. The monoisotopic (exact) mass is 349 g/mol. The van der Waals surface area contributed by atoms with Gasteiger partial charge in [0.05, 0.1) is 12.8 Å². The summed E-state index contributed by atoms with van der Waals surface area (Å²) in [5.74, 6) is 1.32. The van der Waals surface area contributed by atoms with Gasteiger partial charge in [-0.1, -0.05) is 23.4 Å². The van der Waals surface area contributed by atoms with Crippen LogP contribution in [0, 0.1) is 0 Å². The van der Waals surface area contributed by atoms with E-state index < -0.39 is 0 Å². The number of hydrogen-bond donors (Lipinski definition) is 1. The van der Waals surface area contributed by atoms with Crippen molar-refractivity contribution >= 4 is 18.1 Å². The van der Waals surface area contributed by atoms with E-state index in [1.807, 2.05) is 36.4 Å². The molecule has 0 amide bonds. The minimum Gasteiger partial charge on any atom is -0.489 e. The van der Waals surface area contributed by atoms with Crippen molar-refractivity contribution in [2.24, 2.45) is 10.9 Å². The highest BCUT2D eigenvalue weighted by Crippen LogP contribution is 2.35. The SMILES string of the molecule is COc1ncccc1-c1ccccc1OCC1CC(CN)=NO1.Cl. The molecule has 1 unspecified atom stereocenters. The Bertz CT molecular complexity index is 709. The van der Waals surface area contributed by atoms with E-state index in [2.05, 4.69) is 10.1 Å². The number of ether oxygens (including phenoxy) is 2. The summed E-state index contributed by atoms with van der Waals surface area (Å²) in [6, 6.07) is 11.6. The van der Waals surface area contributed by atoms with Crippen LogP contribution in [0.3, 0.4) is 0 Å². The molecule has 2 aromatic rings. The third kappa shape index (κ3) is 3.96. The smallest absolute Gasteiger partial charge is 0.221 e. The number of nitrogens with two attached hydrogens (primary N) is 1. The molecule has 0 saturated heterocycles. The Morgan fingerprint density at radius 3 is 2.75 bits per heavy atom. The highest BCUT2D eigenvalue weighted by atomic mass is 35.5. The number of aromatic nitrogens is 1. The van der Waals surface area contributed by atoms with Gasteiger partial charge in [0.15, 0.2) is 6.10 Å². The van der Waals surface area contributed by atoms with E-state index in [1.54, 1.807) is 13.3 Å². The summed E-state index contributed by atoms with van der Waals surface area (Å²) in [7, 11) is 1.60. The zero-order valence-electron chi connectivity index (χ0n) is 13.3. The minimum absolute atomic E-state index is 0. The molecule has 24 heavy (non-hydrogen) atoms. The molecule has 1 aliphatic heterocycles. The van der Waals surface area contributed by atoms with E-state index in [9.17, 15) is 0 Å². The Morgan fingerprint density at radius 1 is 1.21 bits per heavy atom. The number of hydrogen-bond acceptors (Lipinski definition) is 6. The van der Waals surface area contributed by atoms with E-state index in [-0.39, 0.29) is 18.5 Å². The third-order valence-corrected chi connectivity index (χ3v) is 3.60. The maximum absolute atomic E-state index is 5.95. The van der Waals surface area contributed by atoms with Crippen LogP contribution in [0.4, 0.5) is 0 Å². The van der Waals surface area contributed by atoms with Crippen LogP contribution in [0.5, 0.6) is 11.6 Å². The van der Waals surface area contributed by atoms with Crippen LogP contribution >= 0.6 is 12.4 Å². The summed E-state index contributed by atoms with van der Waals surface area (Å²) in [5, 5.41) is 3.94. The standard InChI is InChI=1S/C17H19N3O3.ClH/c1-21-17-15(6-4-8-19-17)14-5-2-3-7-16(14)22-11-13-9-12(10-18)20-23-13;/h2-8,13H,9-11,18H2,1H3;1H. The van der Waals surface area contributed by atoms with E-state index >= 15 is 0 Å². The van der Waals surface area contributed by atoms with E-state index in [4.69, 9.17) is 20.0 Å². The second kappa shape index (κ2) is 8.52. The second-order valence-electron chi connectivity index (χ2n) is 5.16. The van der Waals surface area contributed by atoms with Gasteiger partial charge in [-0.15, -0.1) is 12.4 Å². The summed E-state index contributed by atoms with van der Waals surface area (Å²) < 4.78 is 11.3. The van der Waals surface area contributed by atoms with Gasteiger partial charge in [-0.3, -0.25) is 0 Å². The van der Waals surface area contributed by atoms with Gasteiger partial charge in [0.1, 0.15) is 12.4 Å². The predicted molar refractivity (Wildman–Crippen MR) is 94.9 cm³/mol. The Kier molecular flexibility index (Phi) is 6.40. The third-order valence-electron chi connectivity index (χ3n) is 3.60. The lowest BCUT2D eigenvalue weighted by Gasteiger charge is -2.15. The van der Waals surface area contributed by atoms with Gasteiger partial charge >= 0.3 is 0 Å². The lowest BCUT2D eigenvalue weighted by atomic mass is 10.1. The van der Waals surface area contributed by atoms with Crippen LogP contribution in [0.1, 0.15) is 6.42 Å². The first-order valence-corrected chi connectivity index (χ1v) is 7.44. The van der Waals surface area contributed by atoms with Crippen molar-refractivity contribution in [1.82, 2.24) is 4.98 Å². The van der Waals surface area contributed by atoms with Crippen molar-refractivity contribution in [2.45, 2.75) is 12.5 Å². The first kappa shape index (κ1) is 18.0. The van der Waals surface area contributed by atoms with E-state index in [0.29, 0.717) is 25.5 Å². The minimum atomic E-state index is -0.0996. The van der Waals surface area contributed by atoms with Gasteiger partial charge in [0, 0.05) is 30.3 Å². The summed E-state index contributed by atoms with van der Waals surface area (Å²) in [6.07, 6.45) is 2.30. The average Bonchev–Trinajstić information content (AvgIpc) is 3.08. The van der Waals surface area contributed by atoms with Gasteiger partial charge in [-0.2, -0.15) is 0 Å². The summed E-state index contributed by atoms with van der Waals surface area (Å²) in [6.45, 7) is 0.826. The van der Waals surface area contributed by atoms with Gasteiger partial charge in [-0.05, 0) is 18.2 Å². The van der Waals surface area contributed by atoms with Crippen molar-refractivity contribution < 1.29 is 14.3 Å². The van der Waals surface area contributed by atoms with Crippen LogP contribution in [-0.2, 0) is 4.84 Å². The molecule has 0 spiro atoms. The maximum Gasteiger partial charge on any atom is 0.221 e. The molecule has 0 saturated carbocycles. The fourth-order valence-electron chi connectivity index (χ4n) is 2.45. The molecule has 0 fully saturated rings. The van der Waals surface area contributed by atoms with E-state index in [1.165, 1.54) is 0 Å². The van der Waals surface area contributed by atoms with Crippen molar-refractivity contribution in [2.75, 3.05) is 20.3 Å². The number of oxime groups is 1. The molecule has 128 valence electrons. The molecule has 2 N–H and O–H groups in total. The summed E-state index contributed by atoms with van der Waals surface area (Å²) in [4.78, 5) is 9.55. The van der Waals surface area contributed by atoms with Crippen molar-refractivity contribution in [1.29, 1.82) is 0 Å². The molecular formula is C17H20ClN3O3. The van der Waals surface area contributed by atoms with Crippen LogP contribution < -0.4 is 15.2 Å². The topological polar surface area (TPSA) is 79.0 Å². The second-order valence-corrected chi connectivity index (χ2v) is 5.16. The highest BCUT2D eigenvalue weighted by molar-refractivity contribution is 5.87. The lowest BCUT2D eigenvalue weighted by Crippen LogP contribution is -2.20. The number of pyridine rings is 1. The zero-order valence-corrected chi connectivity index (χ0v) is 14.2. The van der Waals surface area contributed by atoms with Gasteiger partial charge in [0.2, 0.25) is 5.88 Å². The molecule has 0 bridgehead atoms. The molecule has 1 atom stereocenters. The fraction of sp³-hybridized carbons (Fsp3) is 0.294. The molecule has 1 aromatic carbocycles. The fourth-order valence-corrected chi connectivity index (χ4v) is 2.45. The number of halogens is 1. The molecule has 0 aliphatic carbocycles. The molecule has 6 nitrogen and oxygen atoms in total. The summed E-state index contributed by atoms with van der Waals surface area (Å²) in [5.41, 5.74) is 8.24. The van der Waals surface area contributed by atoms with Crippen LogP contribution in [0.2, 0.25) is 0 Å². The normalized spacial score (nSPS) is 15.9. The Hall–Kier alpha value is -2.31. The van der Waals surface area contributed by atoms with Crippen LogP contribution in [0.25, 0.3) is 11.1 Å². The summed E-state index contributed by atoms with van der Waals surface area (Å²) >= 11 is 0. The molecule has 3 rings (SSSR count). The highest BCUT2D eigenvalue weighted by Gasteiger charge is 2.21.